The third-order valence-corrected chi connectivity index (χ3v) is 2.65. The van der Waals surface area contributed by atoms with Gasteiger partial charge in [0.25, 0.3) is 0 Å². The summed E-state index contributed by atoms with van der Waals surface area (Å²) in [7, 11) is 0. The fraction of sp³-hybridized carbons (Fsp3) is 0.286. The van der Waals surface area contributed by atoms with Crippen LogP contribution < -0.4 is 11.1 Å². The van der Waals surface area contributed by atoms with Gasteiger partial charge in [0.05, 0.1) is 6.04 Å². The zero-order valence-corrected chi connectivity index (χ0v) is 10.6. The summed E-state index contributed by atoms with van der Waals surface area (Å²) in [5.41, 5.74) is 6.69. The van der Waals surface area contributed by atoms with Crippen LogP contribution in [0.1, 0.15) is 12.0 Å². The number of benzene rings is 1. The van der Waals surface area contributed by atoms with Crippen LogP contribution in [0.15, 0.2) is 43.0 Å². The highest BCUT2D eigenvalue weighted by Gasteiger charge is 2.22. The lowest BCUT2D eigenvalue weighted by atomic mass is 10.1. The molecule has 1 aromatic carbocycles. The molecule has 0 aliphatic heterocycles. The summed E-state index contributed by atoms with van der Waals surface area (Å²) >= 11 is 0. The average Bonchev–Trinajstić information content (AvgIpc) is 2.39. The van der Waals surface area contributed by atoms with Crippen molar-refractivity contribution < 1.29 is 14.7 Å². The number of hydrogen-bond acceptors (Lipinski definition) is 3. The Morgan fingerprint density at radius 3 is 2.53 bits per heavy atom. The quantitative estimate of drug-likeness (QED) is 0.631. The van der Waals surface area contributed by atoms with Crippen LogP contribution in [0.3, 0.4) is 0 Å². The highest BCUT2D eigenvalue weighted by atomic mass is 16.4. The molecule has 2 atom stereocenters. The van der Waals surface area contributed by atoms with Crippen molar-refractivity contribution in [1.82, 2.24) is 5.32 Å². The van der Waals surface area contributed by atoms with Crippen molar-refractivity contribution in [1.29, 1.82) is 0 Å². The van der Waals surface area contributed by atoms with Crippen LogP contribution >= 0.6 is 0 Å². The Kier molecular flexibility index (Phi) is 5.75. The average molecular weight is 262 g/mol. The van der Waals surface area contributed by atoms with E-state index in [2.05, 4.69) is 11.9 Å². The molecule has 2 unspecified atom stereocenters. The van der Waals surface area contributed by atoms with Crippen molar-refractivity contribution in [3.8, 4) is 0 Å². The van der Waals surface area contributed by atoms with Crippen molar-refractivity contribution in [2.24, 2.45) is 5.73 Å². The number of carbonyl (C=O) groups is 2. The number of rotatable bonds is 7. The van der Waals surface area contributed by atoms with Gasteiger partial charge in [-0.15, -0.1) is 6.58 Å². The molecular weight excluding hydrogens is 244 g/mol. The predicted molar refractivity (Wildman–Crippen MR) is 72.5 cm³/mol. The Morgan fingerprint density at radius 2 is 2.00 bits per heavy atom. The maximum Gasteiger partial charge on any atom is 0.326 e. The molecule has 0 spiro atoms. The second kappa shape index (κ2) is 7.33. The van der Waals surface area contributed by atoms with Crippen molar-refractivity contribution in [3.05, 3.63) is 48.6 Å². The molecule has 5 heteroatoms. The first-order chi connectivity index (χ1) is 9.04. The van der Waals surface area contributed by atoms with Gasteiger partial charge >= 0.3 is 5.97 Å². The molecule has 0 bridgehead atoms. The van der Waals surface area contributed by atoms with Crippen molar-refractivity contribution in [3.63, 3.8) is 0 Å². The molecule has 0 heterocycles. The molecule has 1 aromatic rings. The minimum absolute atomic E-state index is 0.166. The summed E-state index contributed by atoms with van der Waals surface area (Å²) in [6.07, 6.45) is 1.98. The first kappa shape index (κ1) is 14.9. The molecule has 5 nitrogen and oxygen atoms in total. The third kappa shape index (κ3) is 4.93. The molecule has 0 aliphatic carbocycles. The molecule has 4 N–H and O–H groups in total. The van der Waals surface area contributed by atoms with Gasteiger partial charge in [-0.2, -0.15) is 0 Å². The van der Waals surface area contributed by atoms with Gasteiger partial charge < -0.3 is 16.2 Å². The number of amides is 1. The minimum Gasteiger partial charge on any atom is -0.480 e. The highest BCUT2D eigenvalue weighted by Crippen LogP contribution is 2.03. The number of aliphatic carboxylic acids is 1. The second-order valence-corrected chi connectivity index (χ2v) is 4.22. The van der Waals surface area contributed by atoms with Crippen LogP contribution in [0.4, 0.5) is 0 Å². The zero-order valence-electron chi connectivity index (χ0n) is 10.6. The Labute approximate surface area is 112 Å². The summed E-state index contributed by atoms with van der Waals surface area (Å²) in [5.74, 6) is -1.57. The van der Waals surface area contributed by atoms with E-state index in [4.69, 9.17) is 10.8 Å². The van der Waals surface area contributed by atoms with Crippen LogP contribution in [0.2, 0.25) is 0 Å². The third-order valence-electron chi connectivity index (χ3n) is 2.65. The molecule has 0 aromatic heterocycles. The lowest BCUT2D eigenvalue weighted by Gasteiger charge is -2.16. The number of carbonyl (C=O) groups excluding carboxylic acids is 1. The molecule has 0 fully saturated rings. The van der Waals surface area contributed by atoms with E-state index < -0.39 is 24.0 Å². The van der Waals surface area contributed by atoms with E-state index in [1.807, 2.05) is 30.3 Å². The van der Waals surface area contributed by atoms with E-state index in [-0.39, 0.29) is 6.42 Å². The van der Waals surface area contributed by atoms with Crippen LogP contribution in [0.25, 0.3) is 0 Å². The Morgan fingerprint density at radius 1 is 1.37 bits per heavy atom. The van der Waals surface area contributed by atoms with Gasteiger partial charge in [-0.3, -0.25) is 4.79 Å². The number of carboxylic acids is 1. The minimum atomic E-state index is -1.10. The fourth-order valence-corrected chi connectivity index (χ4v) is 1.63. The second-order valence-electron chi connectivity index (χ2n) is 4.22. The van der Waals surface area contributed by atoms with Crippen LogP contribution in [0.5, 0.6) is 0 Å². The van der Waals surface area contributed by atoms with Crippen LogP contribution in [0, 0.1) is 0 Å². The van der Waals surface area contributed by atoms with E-state index in [1.54, 1.807) is 0 Å². The summed E-state index contributed by atoms with van der Waals surface area (Å²) in [4.78, 5) is 22.7. The number of hydrogen-bond donors (Lipinski definition) is 3. The molecule has 0 saturated heterocycles. The summed E-state index contributed by atoms with van der Waals surface area (Å²) in [6.45, 7) is 3.46. The van der Waals surface area contributed by atoms with Gasteiger partial charge in [0, 0.05) is 0 Å². The lowest BCUT2D eigenvalue weighted by Crippen LogP contribution is -2.49. The van der Waals surface area contributed by atoms with Gasteiger partial charge in [-0.1, -0.05) is 36.4 Å². The number of nitrogens with two attached hydrogens (primary N) is 1. The van der Waals surface area contributed by atoms with E-state index in [0.29, 0.717) is 6.42 Å². The molecule has 1 amide bonds. The summed E-state index contributed by atoms with van der Waals surface area (Å²) in [5, 5.41) is 11.3. The Bertz CT molecular complexity index is 445. The molecule has 19 heavy (non-hydrogen) atoms. The van der Waals surface area contributed by atoms with E-state index in [9.17, 15) is 9.59 Å². The topological polar surface area (TPSA) is 92.4 Å². The molecule has 0 saturated carbocycles. The van der Waals surface area contributed by atoms with Crippen molar-refractivity contribution in [2.75, 3.05) is 0 Å². The van der Waals surface area contributed by atoms with Crippen molar-refractivity contribution >= 4 is 11.9 Å². The van der Waals surface area contributed by atoms with Gasteiger partial charge in [-0.25, -0.2) is 4.79 Å². The summed E-state index contributed by atoms with van der Waals surface area (Å²) in [6, 6.07) is 7.58. The number of carboxylic acid groups (broad SMARTS) is 1. The number of nitrogens with one attached hydrogen (secondary N) is 1. The van der Waals surface area contributed by atoms with Gasteiger partial charge in [-0.05, 0) is 18.4 Å². The molecule has 0 aliphatic rings. The van der Waals surface area contributed by atoms with Crippen molar-refractivity contribution in [2.45, 2.75) is 24.9 Å². The normalized spacial score (nSPS) is 13.3. The van der Waals surface area contributed by atoms with E-state index >= 15 is 0 Å². The highest BCUT2D eigenvalue weighted by molar-refractivity contribution is 5.87. The lowest BCUT2D eigenvalue weighted by molar-refractivity contribution is -0.141. The molecule has 1 rings (SSSR count). The largest absolute Gasteiger partial charge is 0.480 e. The van der Waals surface area contributed by atoms with Crippen LogP contribution in [-0.2, 0) is 16.0 Å². The molecule has 102 valence electrons. The predicted octanol–water partition coefficient (Wildman–Crippen LogP) is 0.702. The Hall–Kier alpha value is -2.14. The SMILES string of the molecule is C=CCC(NC(=O)C(N)Cc1ccccc1)C(=O)O. The van der Waals surface area contributed by atoms with Gasteiger partial charge in [0.2, 0.25) is 5.91 Å². The standard InChI is InChI=1S/C14H18N2O3/c1-2-6-12(14(18)19)16-13(17)11(15)9-10-7-4-3-5-8-10/h2-5,7-8,11-12H,1,6,9,15H2,(H,16,17)(H,18,19). The maximum absolute atomic E-state index is 11.8. The zero-order chi connectivity index (χ0) is 14.3. The van der Waals surface area contributed by atoms with E-state index in [0.717, 1.165) is 5.56 Å². The van der Waals surface area contributed by atoms with Crippen LogP contribution in [-0.4, -0.2) is 29.1 Å². The summed E-state index contributed by atoms with van der Waals surface area (Å²) < 4.78 is 0. The monoisotopic (exact) mass is 262 g/mol. The maximum atomic E-state index is 11.8. The Balaban J connectivity index is 2.56. The molecule has 0 radical (unpaired) electrons. The van der Waals surface area contributed by atoms with Gasteiger partial charge in [0.1, 0.15) is 6.04 Å². The molecular formula is C14H18N2O3. The smallest absolute Gasteiger partial charge is 0.326 e. The first-order valence-corrected chi connectivity index (χ1v) is 5.98. The first-order valence-electron chi connectivity index (χ1n) is 5.98. The fourth-order valence-electron chi connectivity index (χ4n) is 1.63. The van der Waals surface area contributed by atoms with E-state index in [1.165, 1.54) is 6.08 Å². The van der Waals surface area contributed by atoms with Gasteiger partial charge in [0.15, 0.2) is 0 Å².